The van der Waals surface area contributed by atoms with Crippen LogP contribution in [0.15, 0.2) is 0 Å². The molecule has 0 N–H and O–H groups in total. The van der Waals surface area contributed by atoms with Crippen LogP contribution in [0, 0.1) is 5.92 Å². The second-order valence-corrected chi connectivity index (χ2v) is 6.81. The fourth-order valence-electron chi connectivity index (χ4n) is 3.88. The molecule has 2 aliphatic heterocycles. The highest BCUT2D eigenvalue weighted by molar-refractivity contribution is 5.89. The fraction of sp³-hybridized carbons (Fsp3) is 0.933. The van der Waals surface area contributed by atoms with E-state index in [0.29, 0.717) is 6.61 Å². The normalized spacial score (nSPS) is 44.8. The molecule has 3 aliphatic rings. The highest BCUT2D eigenvalue weighted by Gasteiger charge is 2.73. The number of carbonyl (C=O) groups excluding carboxylic acids is 1. The number of alkyl halides is 4. The maximum atomic E-state index is 13.9. The molecule has 24 heavy (non-hydrogen) atoms. The zero-order chi connectivity index (χ0) is 17.8. The molecule has 5 nitrogen and oxygen atoms in total. The zero-order valence-corrected chi connectivity index (χ0v) is 13.4. The van der Waals surface area contributed by atoms with Crippen LogP contribution in [0.25, 0.3) is 0 Å². The van der Waals surface area contributed by atoms with E-state index in [1.165, 1.54) is 7.11 Å². The summed E-state index contributed by atoms with van der Waals surface area (Å²) in [4.78, 5) is 12.1. The van der Waals surface area contributed by atoms with Gasteiger partial charge in [-0.3, -0.25) is 4.79 Å². The number of epoxide rings is 2. The first-order valence-electron chi connectivity index (χ1n) is 7.80. The van der Waals surface area contributed by atoms with Crippen molar-refractivity contribution in [1.82, 2.24) is 0 Å². The van der Waals surface area contributed by atoms with E-state index in [1.54, 1.807) is 6.92 Å². The van der Waals surface area contributed by atoms with Crippen molar-refractivity contribution in [3.8, 4) is 0 Å². The molecule has 2 heterocycles. The van der Waals surface area contributed by atoms with Gasteiger partial charge in [0, 0.05) is 20.1 Å². The standard InChI is InChI=1S/C15H20F4O5/c1-13(9(24-13)3-4-22-7-15(17,18)19)12-11(21-2)10(20)8(16)5-14(12)6-23-14/h8-9,11-12H,3-7H2,1-2H3/t8-,9+,11+,12+,13+,14-/m0/s1. The predicted molar refractivity (Wildman–Crippen MR) is 72.3 cm³/mol. The quantitative estimate of drug-likeness (QED) is 0.413. The van der Waals surface area contributed by atoms with E-state index in [4.69, 9.17) is 14.2 Å². The third-order valence-electron chi connectivity index (χ3n) is 5.14. The smallest absolute Gasteiger partial charge is 0.373 e. The molecule has 1 spiro atoms. The Morgan fingerprint density at radius 2 is 2.04 bits per heavy atom. The van der Waals surface area contributed by atoms with Crippen LogP contribution in [0.3, 0.4) is 0 Å². The number of ketones is 1. The van der Waals surface area contributed by atoms with Gasteiger partial charge in [-0.1, -0.05) is 0 Å². The van der Waals surface area contributed by atoms with Crippen molar-refractivity contribution in [1.29, 1.82) is 0 Å². The summed E-state index contributed by atoms with van der Waals surface area (Å²) in [6, 6.07) is 0. The van der Waals surface area contributed by atoms with Gasteiger partial charge in [0.1, 0.15) is 23.9 Å². The van der Waals surface area contributed by atoms with Crippen LogP contribution in [0.5, 0.6) is 0 Å². The Kier molecular flexibility index (Phi) is 4.43. The molecule has 138 valence electrons. The first-order valence-corrected chi connectivity index (χ1v) is 7.80. The molecule has 2 saturated heterocycles. The molecular weight excluding hydrogens is 336 g/mol. The molecule has 1 saturated carbocycles. The fourth-order valence-corrected chi connectivity index (χ4v) is 3.88. The summed E-state index contributed by atoms with van der Waals surface area (Å²) in [6.45, 7) is 0.655. The van der Waals surface area contributed by atoms with Crippen LogP contribution in [0.1, 0.15) is 19.8 Å². The Hall–Kier alpha value is -0.770. The van der Waals surface area contributed by atoms with E-state index < -0.39 is 48.0 Å². The van der Waals surface area contributed by atoms with Gasteiger partial charge in [0.05, 0.1) is 18.6 Å². The van der Waals surface area contributed by atoms with Gasteiger partial charge in [0.15, 0.2) is 12.0 Å². The minimum Gasteiger partial charge on any atom is -0.373 e. The summed E-state index contributed by atoms with van der Waals surface area (Å²) in [5.41, 5.74) is -1.58. The molecule has 0 radical (unpaired) electrons. The lowest BCUT2D eigenvalue weighted by molar-refractivity contribution is -0.174. The van der Waals surface area contributed by atoms with Gasteiger partial charge >= 0.3 is 6.18 Å². The Balaban J connectivity index is 1.62. The third kappa shape index (κ3) is 3.18. The molecule has 9 heteroatoms. The van der Waals surface area contributed by atoms with Gasteiger partial charge in [0.2, 0.25) is 0 Å². The molecular formula is C15H20F4O5. The molecule has 3 fully saturated rings. The van der Waals surface area contributed by atoms with Gasteiger partial charge in [-0.05, 0) is 13.3 Å². The Morgan fingerprint density at radius 3 is 2.58 bits per heavy atom. The van der Waals surface area contributed by atoms with Crippen molar-refractivity contribution in [2.45, 2.75) is 55.5 Å². The molecule has 1 aliphatic carbocycles. The van der Waals surface area contributed by atoms with Gasteiger partial charge in [-0.2, -0.15) is 13.2 Å². The molecule has 0 amide bonds. The van der Waals surface area contributed by atoms with Crippen LogP contribution >= 0.6 is 0 Å². The zero-order valence-electron chi connectivity index (χ0n) is 13.4. The monoisotopic (exact) mass is 356 g/mol. The number of hydrogen-bond acceptors (Lipinski definition) is 5. The van der Waals surface area contributed by atoms with Crippen molar-refractivity contribution in [3.05, 3.63) is 0 Å². The topological polar surface area (TPSA) is 60.6 Å². The van der Waals surface area contributed by atoms with Crippen molar-refractivity contribution in [2.75, 3.05) is 26.9 Å². The maximum Gasteiger partial charge on any atom is 0.411 e. The van der Waals surface area contributed by atoms with Crippen LogP contribution in [-0.2, 0) is 23.7 Å². The molecule has 0 bridgehead atoms. The number of carbonyl (C=O) groups is 1. The number of hydrogen-bond donors (Lipinski definition) is 0. The lowest BCUT2D eigenvalue weighted by Crippen LogP contribution is -2.56. The Labute approximate surface area is 136 Å². The van der Waals surface area contributed by atoms with Gasteiger partial charge in [-0.25, -0.2) is 4.39 Å². The second-order valence-electron chi connectivity index (χ2n) is 6.81. The second kappa shape index (κ2) is 5.89. The summed E-state index contributed by atoms with van der Waals surface area (Å²) in [5.74, 6) is -1.12. The van der Waals surface area contributed by atoms with Crippen molar-refractivity contribution in [3.63, 3.8) is 0 Å². The summed E-state index contributed by atoms with van der Waals surface area (Å²) in [5, 5.41) is 0. The van der Waals surface area contributed by atoms with Crippen LogP contribution in [0.2, 0.25) is 0 Å². The summed E-state index contributed by atoms with van der Waals surface area (Å²) >= 11 is 0. The maximum absolute atomic E-state index is 13.9. The molecule has 0 aromatic rings. The first kappa shape index (κ1) is 18.0. The molecule has 0 aromatic heterocycles. The summed E-state index contributed by atoms with van der Waals surface area (Å²) < 4.78 is 71.0. The van der Waals surface area contributed by atoms with Crippen LogP contribution in [-0.4, -0.2) is 68.5 Å². The van der Waals surface area contributed by atoms with Gasteiger partial charge < -0.3 is 18.9 Å². The van der Waals surface area contributed by atoms with E-state index in [-0.39, 0.29) is 25.6 Å². The third-order valence-corrected chi connectivity index (χ3v) is 5.14. The number of methoxy groups -OCH3 is 1. The largest absolute Gasteiger partial charge is 0.411 e. The van der Waals surface area contributed by atoms with Crippen molar-refractivity contribution < 1.29 is 41.3 Å². The highest BCUT2D eigenvalue weighted by atomic mass is 19.4. The first-order chi connectivity index (χ1) is 11.1. The lowest BCUT2D eigenvalue weighted by atomic mass is 9.68. The number of halogens is 4. The molecule has 0 unspecified atom stereocenters. The van der Waals surface area contributed by atoms with Crippen molar-refractivity contribution in [2.24, 2.45) is 5.92 Å². The van der Waals surface area contributed by atoms with E-state index >= 15 is 0 Å². The minimum atomic E-state index is -4.37. The SMILES string of the molecule is CO[C@@H]1C(=O)[C@@H](F)C[C@]2(CO2)[C@H]1[C@]1(C)O[C@@H]1CCOCC(F)(F)F. The molecule has 0 aromatic carbocycles. The summed E-state index contributed by atoms with van der Waals surface area (Å²) in [7, 11) is 1.33. The number of rotatable bonds is 6. The lowest BCUT2D eigenvalue weighted by Gasteiger charge is -2.38. The van der Waals surface area contributed by atoms with Crippen LogP contribution < -0.4 is 0 Å². The average Bonchev–Trinajstić information content (AvgIpc) is 3.37. The number of ether oxygens (including phenoxy) is 4. The average molecular weight is 356 g/mol. The van der Waals surface area contributed by atoms with Gasteiger partial charge in [0.25, 0.3) is 0 Å². The van der Waals surface area contributed by atoms with E-state index in [1.807, 2.05) is 0 Å². The summed E-state index contributed by atoms with van der Waals surface area (Å²) in [6.07, 6.45) is -7.15. The Morgan fingerprint density at radius 1 is 1.38 bits per heavy atom. The predicted octanol–water partition coefficient (Wildman–Crippen LogP) is 1.82. The molecule has 3 rings (SSSR count). The molecule has 6 atom stereocenters. The highest BCUT2D eigenvalue weighted by Crippen LogP contribution is 2.58. The van der Waals surface area contributed by atoms with Crippen molar-refractivity contribution >= 4 is 5.78 Å². The van der Waals surface area contributed by atoms with E-state index in [9.17, 15) is 22.4 Å². The minimum absolute atomic E-state index is 0.0351. The van der Waals surface area contributed by atoms with E-state index in [2.05, 4.69) is 4.74 Å². The number of Topliss-reactive ketones (excluding diaryl/α,β-unsaturated/α-hetero) is 1. The van der Waals surface area contributed by atoms with Gasteiger partial charge in [-0.15, -0.1) is 0 Å². The van der Waals surface area contributed by atoms with Crippen LogP contribution in [0.4, 0.5) is 17.6 Å². The van der Waals surface area contributed by atoms with E-state index in [0.717, 1.165) is 0 Å². The Bertz CT molecular complexity index is 507.